The Hall–Kier alpha value is -3.00. The maximum atomic E-state index is 13.9. The minimum absolute atomic E-state index is 0.0518. The molecule has 2 amide bonds. The number of nitrogens with zero attached hydrogens (tertiary/aromatic N) is 3. The molecule has 1 N–H and O–H groups in total. The maximum Gasteiger partial charge on any atom is 0.256 e. The average molecular weight is 443 g/mol. The summed E-state index contributed by atoms with van der Waals surface area (Å²) in [4.78, 5) is 31.8. The van der Waals surface area contributed by atoms with Crippen LogP contribution in [0.15, 0.2) is 42.5 Å². The first-order chi connectivity index (χ1) is 15.4. The molecular formula is C24H28F2N4O2. The number of piperidine rings is 1. The van der Waals surface area contributed by atoms with E-state index in [-0.39, 0.29) is 17.5 Å². The van der Waals surface area contributed by atoms with Gasteiger partial charge in [0, 0.05) is 57.1 Å². The Morgan fingerprint density at radius 1 is 0.906 bits per heavy atom. The summed E-state index contributed by atoms with van der Waals surface area (Å²) in [5.41, 5.74) is 1.45. The third-order valence-electron chi connectivity index (χ3n) is 6.27. The number of likely N-dealkylation sites (N-methyl/N-ethyl adjacent to an activating group) is 1. The van der Waals surface area contributed by atoms with Gasteiger partial charge in [0.1, 0.15) is 11.6 Å². The summed E-state index contributed by atoms with van der Waals surface area (Å²) >= 11 is 0. The van der Waals surface area contributed by atoms with Gasteiger partial charge < -0.3 is 20.0 Å². The van der Waals surface area contributed by atoms with Gasteiger partial charge in [0.05, 0.1) is 11.1 Å². The SMILES string of the molecule is CN1CCN(C(=O)c2ccccc2N2CCC(NC(=O)c3ccc(F)cc3F)CC2)CC1. The fourth-order valence-electron chi connectivity index (χ4n) is 4.31. The summed E-state index contributed by atoms with van der Waals surface area (Å²) in [5.74, 6) is -2.06. The second-order valence-corrected chi connectivity index (χ2v) is 8.47. The van der Waals surface area contributed by atoms with Crippen molar-refractivity contribution in [3.63, 3.8) is 0 Å². The van der Waals surface area contributed by atoms with Gasteiger partial charge in [-0.15, -0.1) is 0 Å². The highest BCUT2D eigenvalue weighted by atomic mass is 19.1. The predicted octanol–water partition coefficient (Wildman–Crippen LogP) is 2.75. The Kier molecular flexibility index (Phi) is 6.69. The molecule has 0 saturated carbocycles. The number of benzene rings is 2. The quantitative estimate of drug-likeness (QED) is 0.791. The van der Waals surface area contributed by atoms with Gasteiger partial charge in [0.2, 0.25) is 0 Å². The van der Waals surface area contributed by atoms with E-state index >= 15 is 0 Å². The number of carbonyl (C=O) groups excluding carboxylic acids is 2. The summed E-state index contributed by atoms with van der Waals surface area (Å²) in [6, 6.07) is 10.5. The zero-order valence-electron chi connectivity index (χ0n) is 18.2. The van der Waals surface area contributed by atoms with Gasteiger partial charge in [0.15, 0.2) is 0 Å². The Labute approximate surface area is 186 Å². The molecule has 0 spiro atoms. The van der Waals surface area contributed by atoms with Crippen LogP contribution in [0.25, 0.3) is 0 Å². The number of amides is 2. The number of halogens is 2. The van der Waals surface area contributed by atoms with Crippen LogP contribution in [0.3, 0.4) is 0 Å². The van der Waals surface area contributed by atoms with E-state index in [1.54, 1.807) is 0 Å². The highest BCUT2D eigenvalue weighted by Gasteiger charge is 2.27. The van der Waals surface area contributed by atoms with Gasteiger partial charge in [-0.05, 0) is 44.2 Å². The van der Waals surface area contributed by atoms with Gasteiger partial charge in [-0.3, -0.25) is 9.59 Å². The van der Waals surface area contributed by atoms with E-state index in [0.29, 0.717) is 37.6 Å². The normalized spacial score (nSPS) is 18.0. The van der Waals surface area contributed by atoms with Crippen LogP contribution in [0.1, 0.15) is 33.6 Å². The van der Waals surface area contributed by atoms with E-state index < -0.39 is 17.5 Å². The number of para-hydroxylation sites is 1. The van der Waals surface area contributed by atoms with Crippen molar-refractivity contribution in [1.29, 1.82) is 0 Å². The van der Waals surface area contributed by atoms with Crippen LogP contribution < -0.4 is 10.2 Å². The smallest absolute Gasteiger partial charge is 0.256 e. The van der Waals surface area contributed by atoms with Gasteiger partial charge in [-0.1, -0.05) is 12.1 Å². The van der Waals surface area contributed by atoms with Crippen molar-refractivity contribution in [3.05, 3.63) is 65.2 Å². The van der Waals surface area contributed by atoms with Crippen molar-refractivity contribution in [2.24, 2.45) is 0 Å². The fourth-order valence-corrected chi connectivity index (χ4v) is 4.31. The molecule has 0 bridgehead atoms. The van der Waals surface area contributed by atoms with Crippen LogP contribution in [0, 0.1) is 11.6 Å². The van der Waals surface area contributed by atoms with Crippen molar-refractivity contribution in [2.75, 3.05) is 51.2 Å². The van der Waals surface area contributed by atoms with E-state index in [9.17, 15) is 18.4 Å². The molecule has 4 rings (SSSR count). The summed E-state index contributed by atoms with van der Waals surface area (Å²) in [6.07, 6.45) is 1.34. The van der Waals surface area contributed by atoms with Gasteiger partial charge in [0.25, 0.3) is 11.8 Å². The van der Waals surface area contributed by atoms with Crippen LogP contribution >= 0.6 is 0 Å². The molecule has 170 valence electrons. The summed E-state index contributed by atoms with van der Waals surface area (Å²) in [5, 5.41) is 2.85. The largest absolute Gasteiger partial charge is 0.371 e. The number of hydrogen-bond donors (Lipinski definition) is 1. The molecule has 0 radical (unpaired) electrons. The van der Waals surface area contributed by atoms with Crippen molar-refractivity contribution in [1.82, 2.24) is 15.1 Å². The Morgan fingerprint density at radius 3 is 2.28 bits per heavy atom. The Morgan fingerprint density at radius 2 is 1.59 bits per heavy atom. The highest BCUT2D eigenvalue weighted by Crippen LogP contribution is 2.26. The fraction of sp³-hybridized carbons (Fsp3) is 0.417. The van der Waals surface area contributed by atoms with E-state index in [2.05, 4.69) is 22.2 Å². The third kappa shape index (κ3) is 4.91. The number of nitrogens with one attached hydrogen (secondary N) is 1. The van der Waals surface area contributed by atoms with Gasteiger partial charge >= 0.3 is 0 Å². The number of carbonyl (C=O) groups is 2. The van der Waals surface area contributed by atoms with E-state index in [1.807, 2.05) is 29.2 Å². The molecule has 0 atom stereocenters. The zero-order chi connectivity index (χ0) is 22.7. The van der Waals surface area contributed by atoms with Crippen LogP contribution in [-0.4, -0.2) is 74.0 Å². The number of hydrogen-bond acceptors (Lipinski definition) is 4. The van der Waals surface area contributed by atoms with Crippen molar-refractivity contribution >= 4 is 17.5 Å². The monoisotopic (exact) mass is 442 g/mol. The van der Waals surface area contributed by atoms with Crippen molar-refractivity contribution < 1.29 is 18.4 Å². The summed E-state index contributed by atoms with van der Waals surface area (Å²) < 4.78 is 27.0. The molecule has 0 aromatic heterocycles. The lowest BCUT2D eigenvalue weighted by Crippen LogP contribution is -2.48. The molecule has 8 heteroatoms. The van der Waals surface area contributed by atoms with Crippen LogP contribution in [-0.2, 0) is 0 Å². The van der Waals surface area contributed by atoms with Crippen LogP contribution in [0.2, 0.25) is 0 Å². The van der Waals surface area contributed by atoms with Crippen molar-refractivity contribution in [2.45, 2.75) is 18.9 Å². The lowest BCUT2D eigenvalue weighted by Gasteiger charge is -2.36. The molecule has 32 heavy (non-hydrogen) atoms. The topological polar surface area (TPSA) is 55.9 Å². The lowest BCUT2D eigenvalue weighted by molar-refractivity contribution is 0.0664. The second kappa shape index (κ2) is 9.65. The molecule has 0 unspecified atom stereocenters. The highest BCUT2D eigenvalue weighted by molar-refractivity contribution is 6.00. The Bertz CT molecular complexity index is 984. The summed E-state index contributed by atoms with van der Waals surface area (Å²) in [7, 11) is 2.06. The van der Waals surface area contributed by atoms with E-state index in [1.165, 1.54) is 0 Å². The van der Waals surface area contributed by atoms with E-state index in [4.69, 9.17) is 0 Å². The number of rotatable bonds is 4. The first-order valence-corrected chi connectivity index (χ1v) is 11.0. The average Bonchev–Trinajstić information content (AvgIpc) is 2.79. The number of anilines is 1. The Balaban J connectivity index is 1.38. The lowest BCUT2D eigenvalue weighted by atomic mass is 10.0. The summed E-state index contributed by atoms with van der Waals surface area (Å²) in [6.45, 7) is 4.52. The molecule has 2 heterocycles. The third-order valence-corrected chi connectivity index (χ3v) is 6.27. The maximum absolute atomic E-state index is 13.9. The zero-order valence-corrected chi connectivity index (χ0v) is 18.2. The van der Waals surface area contributed by atoms with Crippen LogP contribution in [0.4, 0.5) is 14.5 Å². The first-order valence-electron chi connectivity index (χ1n) is 11.0. The molecular weight excluding hydrogens is 414 g/mol. The molecule has 2 aromatic carbocycles. The molecule has 6 nitrogen and oxygen atoms in total. The first kappa shape index (κ1) is 22.2. The molecule has 0 aliphatic carbocycles. The number of piperazine rings is 1. The van der Waals surface area contributed by atoms with Crippen LogP contribution in [0.5, 0.6) is 0 Å². The van der Waals surface area contributed by atoms with Crippen molar-refractivity contribution in [3.8, 4) is 0 Å². The second-order valence-electron chi connectivity index (χ2n) is 8.47. The predicted molar refractivity (Wildman–Crippen MR) is 119 cm³/mol. The van der Waals surface area contributed by atoms with Gasteiger partial charge in [-0.25, -0.2) is 8.78 Å². The van der Waals surface area contributed by atoms with Gasteiger partial charge in [-0.2, -0.15) is 0 Å². The minimum Gasteiger partial charge on any atom is -0.371 e. The minimum atomic E-state index is -0.865. The molecule has 2 saturated heterocycles. The standard InChI is InChI=1S/C24H28F2N4O2/c1-28-12-14-30(15-13-28)24(32)20-4-2-3-5-22(20)29-10-8-18(9-11-29)27-23(31)19-7-6-17(25)16-21(19)26/h2-7,16,18H,8-15H2,1H3,(H,27,31). The molecule has 2 aliphatic heterocycles. The van der Waals surface area contributed by atoms with E-state index in [0.717, 1.165) is 44.0 Å². The molecule has 2 aliphatic rings. The molecule has 2 fully saturated rings. The molecule has 2 aromatic rings.